The summed E-state index contributed by atoms with van der Waals surface area (Å²) >= 11 is 0. The highest BCUT2D eigenvalue weighted by Gasteiger charge is 2.23. The minimum Gasteiger partial charge on any atom is -0.493 e. The Hall–Kier alpha value is -3.74. The fourth-order valence-corrected chi connectivity index (χ4v) is 3.43. The number of ether oxygens (including phenoxy) is 4. The van der Waals surface area contributed by atoms with Crippen molar-refractivity contribution in [2.45, 2.75) is 20.0 Å². The highest BCUT2D eigenvalue weighted by Crippen LogP contribution is 2.38. The number of carbonyl (C=O) groups excluding carboxylic acids is 2. The summed E-state index contributed by atoms with van der Waals surface area (Å²) in [5, 5.41) is 0.806. The number of aromatic amines is 1. The molecule has 0 saturated heterocycles. The number of methoxy groups -OCH3 is 3. The molecule has 7 heteroatoms. The fraction of sp³-hybridized carbons (Fsp3) is 0.250. The summed E-state index contributed by atoms with van der Waals surface area (Å²) in [7, 11) is 4.54. The van der Waals surface area contributed by atoms with E-state index >= 15 is 0 Å². The predicted molar refractivity (Wildman–Crippen MR) is 118 cm³/mol. The van der Waals surface area contributed by atoms with Crippen LogP contribution in [0.5, 0.6) is 17.2 Å². The van der Waals surface area contributed by atoms with Crippen LogP contribution in [0.15, 0.2) is 42.5 Å². The van der Waals surface area contributed by atoms with E-state index in [2.05, 4.69) is 4.98 Å². The van der Waals surface area contributed by atoms with Gasteiger partial charge in [-0.25, -0.2) is 4.79 Å². The molecule has 0 aliphatic rings. The van der Waals surface area contributed by atoms with Crippen molar-refractivity contribution >= 4 is 28.7 Å². The molecule has 31 heavy (non-hydrogen) atoms. The van der Waals surface area contributed by atoms with E-state index in [1.54, 1.807) is 25.1 Å². The smallest absolute Gasteiger partial charge is 0.331 e. The van der Waals surface area contributed by atoms with Crippen LogP contribution in [0.1, 0.15) is 28.5 Å². The third-order valence-electron chi connectivity index (χ3n) is 4.90. The highest BCUT2D eigenvalue weighted by molar-refractivity contribution is 6.11. The summed E-state index contributed by atoms with van der Waals surface area (Å²) in [6, 6.07) is 10.9. The maximum absolute atomic E-state index is 12.9. The van der Waals surface area contributed by atoms with Crippen molar-refractivity contribution in [1.82, 2.24) is 4.98 Å². The van der Waals surface area contributed by atoms with Crippen LogP contribution in [0, 0.1) is 6.92 Å². The van der Waals surface area contributed by atoms with Crippen molar-refractivity contribution in [3.05, 3.63) is 59.3 Å². The van der Waals surface area contributed by atoms with E-state index in [-0.39, 0.29) is 5.78 Å². The standard InChI is InChI=1S/C24H25NO6/c1-14-22(17-8-6-7-9-18(17)25-14)23(27)15(2)31-21(26)11-10-16-12-19(28-3)24(30-5)20(13-16)29-4/h6-13,15,25H,1-5H3/b11-10+/t15-/m0/s1. The third-order valence-corrected chi connectivity index (χ3v) is 4.90. The van der Waals surface area contributed by atoms with E-state index in [0.717, 1.165) is 16.6 Å². The number of hydrogen-bond acceptors (Lipinski definition) is 6. The molecule has 2 aromatic carbocycles. The molecule has 1 aromatic heterocycles. The van der Waals surface area contributed by atoms with Crippen molar-refractivity contribution in [3.8, 4) is 17.2 Å². The van der Waals surface area contributed by atoms with Gasteiger partial charge in [-0.2, -0.15) is 0 Å². The zero-order valence-electron chi connectivity index (χ0n) is 18.1. The molecule has 1 heterocycles. The number of esters is 1. The normalized spacial score (nSPS) is 12.0. The molecule has 162 valence electrons. The molecule has 1 atom stereocenters. The third kappa shape index (κ3) is 4.55. The number of carbonyl (C=O) groups is 2. The second kappa shape index (κ2) is 9.38. The summed E-state index contributed by atoms with van der Waals surface area (Å²) in [4.78, 5) is 28.4. The van der Waals surface area contributed by atoms with Gasteiger partial charge in [0.25, 0.3) is 0 Å². The van der Waals surface area contributed by atoms with Crippen LogP contribution in [0.4, 0.5) is 0 Å². The lowest BCUT2D eigenvalue weighted by atomic mass is 10.0. The van der Waals surface area contributed by atoms with Gasteiger partial charge in [0.05, 0.1) is 21.3 Å². The van der Waals surface area contributed by atoms with Gasteiger partial charge in [0.2, 0.25) is 11.5 Å². The van der Waals surface area contributed by atoms with Crippen molar-refractivity contribution in [2.75, 3.05) is 21.3 Å². The molecule has 3 rings (SSSR count). The average Bonchev–Trinajstić information content (AvgIpc) is 3.11. The number of H-pyrrole nitrogens is 1. The van der Waals surface area contributed by atoms with E-state index in [9.17, 15) is 9.59 Å². The second-order valence-corrected chi connectivity index (χ2v) is 6.91. The Morgan fingerprint density at radius 3 is 2.26 bits per heavy atom. The molecule has 0 amide bonds. The van der Waals surface area contributed by atoms with Crippen molar-refractivity contribution in [1.29, 1.82) is 0 Å². The molecule has 0 aliphatic heterocycles. The van der Waals surface area contributed by atoms with Gasteiger partial charge in [-0.1, -0.05) is 18.2 Å². The molecular formula is C24H25NO6. The highest BCUT2D eigenvalue weighted by atomic mass is 16.5. The molecule has 0 saturated carbocycles. The van der Waals surface area contributed by atoms with Crippen LogP contribution >= 0.6 is 0 Å². The number of Topliss-reactive ketones (excluding diaryl/α,β-unsaturated/α-hetero) is 1. The number of benzene rings is 2. The first-order valence-electron chi connectivity index (χ1n) is 9.69. The van der Waals surface area contributed by atoms with E-state index in [0.29, 0.717) is 28.4 Å². The molecule has 0 aliphatic carbocycles. The van der Waals surface area contributed by atoms with Gasteiger partial charge >= 0.3 is 5.97 Å². The lowest BCUT2D eigenvalue weighted by Crippen LogP contribution is -2.24. The SMILES string of the molecule is COc1cc(/C=C/C(=O)O[C@@H](C)C(=O)c2c(C)[nH]c3ccccc23)cc(OC)c1OC. The fourth-order valence-electron chi connectivity index (χ4n) is 3.43. The topological polar surface area (TPSA) is 86.9 Å². The molecule has 7 nitrogen and oxygen atoms in total. The van der Waals surface area contributed by atoms with E-state index in [1.165, 1.54) is 27.4 Å². The molecule has 0 radical (unpaired) electrons. The Balaban J connectivity index is 1.75. The minimum absolute atomic E-state index is 0.260. The molecule has 0 unspecified atom stereocenters. The second-order valence-electron chi connectivity index (χ2n) is 6.91. The van der Waals surface area contributed by atoms with E-state index < -0.39 is 12.1 Å². The van der Waals surface area contributed by atoms with E-state index in [4.69, 9.17) is 18.9 Å². The van der Waals surface area contributed by atoms with Crippen LogP contribution in [-0.2, 0) is 9.53 Å². The first kappa shape index (κ1) is 22.0. The lowest BCUT2D eigenvalue weighted by Gasteiger charge is -2.13. The van der Waals surface area contributed by atoms with Gasteiger partial charge in [-0.05, 0) is 43.7 Å². The molecule has 3 aromatic rings. The number of fused-ring (bicyclic) bond motifs is 1. The molecule has 0 fully saturated rings. The number of rotatable bonds is 8. The number of aromatic nitrogens is 1. The number of aryl methyl sites for hydroxylation is 1. The van der Waals surface area contributed by atoms with Gasteiger partial charge < -0.3 is 23.9 Å². The number of nitrogens with one attached hydrogen (secondary N) is 1. The van der Waals surface area contributed by atoms with Gasteiger partial charge in [0, 0.05) is 28.2 Å². The number of hydrogen-bond donors (Lipinski definition) is 1. The van der Waals surface area contributed by atoms with Crippen molar-refractivity contribution in [3.63, 3.8) is 0 Å². The zero-order valence-corrected chi connectivity index (χ0v) is 18.1. The predicted octanol–water partition coefficient (Wildman–Crippen LogP) is 4.33. The summed E-state index contributed by atoms with van der Waals surface area (Å²) in [6.07, 6.45) is 1.88. The summed E-state index contributed by atoms with van der Waals surface area (Å²) in [5.41, 5.74) is 2.79. The quantitative estimate of drug-likeness (QED) is 0.330. The molecule has 0 spiro atoms. The van der Waals surface area contributed by atoms with Gasteiger partial charge in [-0.15, -0.1) is 0 Å². The monoisotopic (exact) mass is 423 g/mol. The molecular weight excluding hydrogens is 398 g/mol. The lowest BCUT2D eigenvalue weighted by molar-refractivity contribution is -0.140. The average molecular weight is 423 g/mol. The Kier molecular flexibility index (Phi) is 6.65. The van der Waals surface area contributed by atoms with Gasteiger partial charge in [-0.3, -0.25) is 4.79 Å². The van der Waals surface area contributed by atoms with Crippen LogP contribution in [0.25, 0.3) is 17.0 Å². The Bertz CT molecular complexity index is 1120. The largest absolute Gasteiger partial charge is 0.493 e. The number of para-hydroxylation sites is 1. The molecule has 1 N–H and O–H groups in total. The van der Waals surface area contributed by atoms with Crippen LogP contribution in [0.3, 0.4) is 0 Å². The Morgan fingerprint density at radius 1 is 1.00 bits per heavy atom. The van der Waals surface area contributed by atoms with E-state index in [1.807, 2.05) is 31.2 Å². The Labute approximate surface area is 180 Å². The zero-order chi connectivity index (χ0) is 22.5. The van der Waals surface area contributed by atoms with Crippen LogP contribution in [-0.4, -0.2) is 44.2 Å². The maximum Gasteiger partial charge on any atom is 0.331 e. The summed E-state index contributed by atoms with van der Waals surface area (Å²) in [5.74, 6) is 0.496. The minimum atomic E-state index is -0.935. The van der Waals surface area contributed by atoms with Gasteiger partial charge in [0.15, 0.2) is 17.6 Å². The maximum atomic E-state index is 12.9. The molecule has 0 bridgehead atoms. The number of ketones is 1. The van der Waals surface area contributed by atoms with Crippen LogP contribution in [0.2, 0.25) is 0 Å². The summed E-state index contributed by atoms with van der Waals surface area (Å²) < 4.78 is 21.2. The van der Waals surface area contributed by atoms with Crippen molar-refractivity contribution in [2.24, 2.45) is 0 Å². The van der Waals surface area contributed by atoms with Crippen molar-refractivity contribution < 1.29 is 28.5 Å². The summed E-state index contributed by atoms with van der Waals surface area (Å²) in [6.45, 7) is 3.39. The first-order valence-corrected chi connectivity index (χ1v) is 9.69. The Morgan fingerprint density at radius 2 is 1.65 bits per heavy atom. The first-order chi connectivity index (χ1) is 14.9. The van der Waals surface area contributed by atoms with Gasteiger partial charge in [0.1, 0.15) is 0 Å². The van der Waals surface area contributed by atoms with Crippen LogP contribution < -0.4 is 14.2 Å².